The van der Waals surface area contributed by atoms with Gasteiger partial charge in [0, 0.05) is 38.2 Å². The van der Waals surface area contributed by atoms with E-state index in [0.717, 1.165) is 0 Å². The van der Waals surface area contributed by atoms with Crippen molar-refractivity contribution in [3.63, 3.8) is 0 Å². The molecule has 8 heteroatoms. The highest BCUT2D eigenvalue weighted by Gasteiger charge is 2.45. The van der Waals surface area contributed by atoms with Gasteiger partial charge >= 0.3 is 0 Å². The molecule has 1 aliphatic heterocycles. The molecule has 1 saturated heterocycles. The molecule has 0 saturated carbocycles. The summed E-state index contributed by atoms with van der Waals surface area (Å²) >= 11 is 6.14. The number of rotatable bonds is 8. The SMILES string of the molecule is CCOc1cc(/C(O)=C2/C(=O)C(=O)N(CCCOC)C2c2ccncc2)ccc1Cl. The third-order valence-corrected chi connectivity index (χ3v) is 5.13. The minimum Gasteiger partial charge on any atom is -0.507 e. The Hall–Kier alpha value is -2.90. The number of aliphatic hydroxyl groups excluding tert-OH is 1. The Kier molecular flexibility index (Phi) is 7.07. The van der Waals surface area contributed by atoms with E-state index in [2.05, 4.69) is 4.98 Å². The van der Waals surface area contributed by atoms with Gasteiger partial charge in [-0.1, -0.05) is 11.6 Å². The van der Waals surface area contributed by atoms with Crippen LogP contribution >= 0.6 is 11.6 Å². The molecule has 1 fully saturated rings. The summed E-state index contributed by atoms with van der Waals surface area (Å²) in [7, 11) is 1.57. The van der Waals surface area contributed by atoms with Crippen LogP contribution in [0, 0.1) is 0 Å². The number of nitrogens with zero attached hydrogens (tertiary/aromatic N) is 2. The second-order valence-corrected chi connectivity index (χ2v) is 7.10. The van der Waals surface area contributed by atoms with Gasteiger partial charge in [0.15, 0.2) is 0 Å². The predicted octanol–water partition coefficient (Wildman–Crippen LogP) is 3.59. The standard InChI is InChI=1S/C22H23ClN2O5/c1-3-30-17-13-15(5-6-16(17)23)20(26)18-19(14-7-9-24-10-8-14)25(11-4-12-29-2)22(28)21(18)27/h5-10,13,19,26H,3-4,11-12H2,1-2H3/b20-18-. The molecule has 2 heterocycles. The van der Waals surface area contributed by atoms with E-state index in [1.165, 1.54) is 4.90 Å². The Balaban J connectivity index is 2.11. The number of ether oxygens (including phenoxy) is 2. The van der Waals surface area contributed by atoms with Crippen molar-refractivity contribution in [2.45, 2.75) is 19.4 Å². The van der Waals surface area contributed by atoms with Gasteiger partial charge in [0.2, 0.25) is 0 Å². The summed E-state index contributed by atoms with van der Waals surface area (Å²) in [5.41, 5.74) is 1.05. The van der Waals surface area contributed by atoms with Gasteiger partial charge in [-0.15, -0.1) is 0 Å². The van der Waals surface area contributed by atoms with Gasteiger partial charge in [-0.3, -0.25) is 14.6 Å². The highest BCUT2D eigenvalue weighted by Crippen LogP contribution is 2.40. The summed E-state index contributed by atoms with van der Waals surface area (Å²) in [4.78, 5) is 31.2. The zero-order valence-electron chi connectivity index (χ0n) is 16.8. The molecule has 0 aliphatic carbocycles. The van der Waals surface area contributed by atoms with Crippen molar-refractivity contribution < 1.29 is 24.2 Å². The summed E-state index contributed by atoms with van der Waals surface area (Å²) in [5.74, 6) is -1.28. The van der Waals surface area contributed by atoms with Crippen LogP contribution < -0.4 is 4.74 Å². The van der Waals surface area contributed by atoms with E-state index in [1.54, 1.807) is 49.8 Å². The van der Waals surface area contributed by atoms with E-state index >= 15 is 0 Å². The smallest absolute Gasteiger partial charge is 0.295 e. The molecule has 1 aromatic carbocycles. The molecule has 158 valence electrons. The first kappa shape index (κ1) is 21.8. The highest BCUT2D eigenvalue weighted by molar-refractivity contribution is 6.46. The summed E-state index contributed by atoms with van der Waals surface area (Å²) in [5, 5.41) is 11.4. The molecule has 7 nitrogen and oxygen atoms in total. The number of benzene rings is 1. The van der Waals surface area contributed by atoms with Crippen molar-refractivity contribution in [2.75, 3.05) is 26.9 Å². The van der Waals surface area contributed by atoms with Gasteiger partial charge in [-0.25, -0.2) is 0 Å². The van der Waals surface area contributed by atoms with Gasteiger partial charge in [0.25, 0.3) is 11.7 Å². The first-order chi connectivity index (χ1) is 14.5. The lowest BCUT2D eigenvalue weighted by atomic mass is 9.96. The van der Waals surface area contributed by atoms with E-state index < -0.39 is 17.7 Å². The topological polar surface area (TPSA) is 89.0 Å². The number of aromatic nitrogens is 1. The van der Waals surface area contributed by atoms with Crippen LogP contribution in [0.2, 0.25) is 5.02 Å². The number of ketones is 1. The molecule has 2 aromatic rings. The molecule has 3 rings (SSSR count). The van der Waals surface area contributed by atoms with Crippen LogP contribution in [0.1, 0.15) is 30.5 Å². The van der Waals surface area contributed by atoms with Crippen molar-refractivity contribution in [2.24, 2.45) is 0 Å². The number of pyridine rings is 1. The van der Waals surface area contributed by atoms with Crippen LogP contribution in [0.15, 0.2) is 48.3 Å². The number of likely N-dealkylation sites (tertiary alicyclic amines) is 1. The number of halogens is 1. The Bertz CT molecular complexity index is 961. The molecule has 0 bridgehead atoms. The number of Topliss-reactive ketones (excluding diaryl/α,β-unsaturated/α-hetero) is 1. The van der Waals surface area contributed by atoms with Gasteiger partial charge < -0.3 is 19.5 Å². The Morgan fingerprint density at radius 3 is 2.63 bits per heavy atom. The van der Waals surface area contributed by atoms with Gasteiger partial charge in [0.1, 0.15) is 11.5 Å². The maximum absolute atomic E-state index is 12.9. The number of amides is 1. The molecule has 1 aliphatic rings. The molecular formula is C22H23ClN2O5. The lowest BCUT2D eigenvalue weighted by Crippen LogP contribution is -2.31. The van der Waals surface area contributed by atoms with Crippen LogP contribution in [0.3, 0.4) is 0 Å². The van der Waals surface area contributed by atoms with Crippen molar-refractivity contribution in [3.8, 4) is 5.75 Å². The minimum atomic E-state index is -0.736. The summed E-state index contributed by atoms with van der Waals surface area (Å²) in [6.45, 7) is 2.97. The van der Waals surface area contributed by atoms with Crippen molar-refractivity contribution in [3.05, 3.63) is 64.4 Å². The summed E-state index contributed by atoms with van der Waals surface area (Å²) in [6, 6.07) is 7.45. The highest BCUT2D eigenvalue weighted by atomic mass is 35.5. The lowest BCUT2D eigenvalue weighted by molar-refractivity contribution is -0.140. The first-order valence-electron chi connectivity index (χ1n) is 9.59. The fourth-order valence-corrected chi connectivity index (χ4v) is 3.63. The fraction of sp³-hybridized carbons (Fsp3) is 0.318. The number of aliphatic hydroxyl groups is 1. The van der Waals surface area contributed by atoms with Crippen LogP contribution in [0.5, 0.6) is 5.75 Å². The monoisotopic (exact) mass is 430 g/mol. The molecule has 1 atom stereocenters. The number of carbonyl (C=O) groups is 2. The molecule has 0 spiro atoms. The molecule has 1 amide bonds. The van der Waals surface area contributed by atoms with Crippen molar-refractivity contribution >= 4 is 29.1 Å². The number of carbonyl (C=O) groups excluding carboxylic acids is 2. The van der Waals surface area contributed by atoms with Crippen LogP contribution in [-0.2, 0) is 14.3 Å². The van der Waals surface area contributed by atoms with E-state index in [0.29, 0.717) is 48.1 Å². The van der Waals surface area contributed by atoms with Gasteiger partial charge in [-0.2, -0.15) is 0 Å². The number of methoxy groups -OCH3 is 1. The van der Waals surface area contributed by atoms with E-state index in [9.17, 15) is 14.7 Å². The second-order valence-electron chi connectivity index (χ2n) is 6.70. The Morgan fingerprint density at radius 2 is 1.97 bits per heavy atom. The average molecular weight is 431 g/mol. The first-order valence-corrected chi connectivity index (χ1v) is 9.97. The van der Waals surface area contributed by atoms with Gasteiger partial charge in [-0.05, 0) is 49.2 Å². The molecule has 0 radical (unpaired) electrons. The zero-order chi connectivity index (χ0) is 21.7. The van der Waals surface area contributed by atoms with Crippen molar-refractivity contribution in [1.82, 2.24) is 9.88 Å². The van der Waals surface area contributed by atoms with E-state index in [-0.39, 0.29) is 11.3 Å². The van der Waals surface area contributed by atoms with E-state index in [1.807, 2.05) is 6.92 Å². The molecule has 1 N–H and O–H groups in total. The van der Waals surface area contributed by atoms with Crippen LogP contribution in [0.25, 0.3) is 5.76 Å². The quantitative estimate of drug-likeness (QED) is 0.298. The molecule has 1 unspecified atom stereocenters. The normalized spacial score (nSPS) is 18.1. The summed E-state index contributed by atoms with van der Waals surface area (Å²) < 4.78 is 10.6. The predicted molar refractivity (Wildman–Crippen MR) is 112 cm³/mol. The molecule has 1 aromatic heterocycles. The van der Waals surface area contributed by atoms with Crippen LogP contribution in [-0.4, -0.2) is 53.5 Å². The zero-order valence-corrected chi connectivity index (χ0v) is 17.6. The maximum atomic E-state index is 12.9. The third kappa shape index (κ3) is 4.32. The Labute approximate surface area is 179 Å². The van der Waals surface area contributed by atoms with Crippen molar-refractivity contribution in [1.29, 1.82) is 0 Å². The fourth-order valence-electron chi connectivity index (χ4n) is 3.45. The minimum absolute atomic E-state index is 0.0217. The average Bonchev–Trinajstić information content (AvgIpc) is 3.01. The number of hydrogen-bond acceptors (Lipinski definition) is 6. The largest absolute Gasteiger partial charge is 0.507 e. The summed E-state index contributed by atoms with van der Waals surface area (Å²) in [6.07, 6.45) is 3.72. The lowest BCUT2D eigenvalue weighted by Gasteiger charge is -2.25. The third-order valence-electron chi connectivity index (χ3n) is 4.81. The second kappa shape index (κ2) is 9.73. The Morgan fingerprint density at radius 1 is 1.23 bits per heavy atom. The maximum Gasteiger partial charge on any atom is 0.295 e. The van der Waals surface area contributed by atoms with Crippen LogP contribution in [0.4, 0.5) is 0 Å². The molecular weight excluding hydrogens is 408 g/mol. The molecule has 30 heavy (non-hydrogen) atoms. The van der Waals surface area contributed by atoms with Gasteiger partial charge in [0.05, 0.1) is 23.2 Å². The van der Waals surface area contributed by atoms with E-state index in [4.69, 9.17) is 21.1 Å². The number of hydrogen-bond donors (Lipinski definition) is 1.